The first-order valence-electron chi connectivity index (χ1n) is 9.14. The molecule has 0 unspecified atom stereocenters. The maximum atomic E-state index is 14.6. The molecule has 2 heterocycles. The van der Waals surface area contributed by atoms with Crippen LogP contribution in [0.1, 0.15) is 11.1 Å². The molecule has 0 N–H and O–H groups in total. The molecule has 4 rings (SSSR count). The van der Waals surface area contributed by atoms with E-state index in [0.29, 0.717) is 9.87 Å². The fraction of sp³-hybridized carbons (Fsp3) is 0.143. The quantitative estimate of drug-likeness (QED) is 0.570. The molecule has 10 heteroatoms. The van der Waals surface area contributed by atoms with Crippen LogP contribution in [0.5, 0.6) is 5.88 Å². The number of sulfonamides is 1. The Hall–Kier alpha value is -3.17. The van der Waals surface area contributed by atoms with E-state index in [1.807, 2.05) is 0 Å². The molecular formula is C21H17ClFN3O4S. The maximum Gasteiger partial charge on any atom is 0.343 e. The average Bonchev–Trinajstić information content (AvgIpc) is 2.73. The zero-order valence-electron chi connectivity index (χ0n) is 16.5. The first kappa shape index (κ1) is 21.1. The van der Waals surface area contributed by atoms with E-state index < -0.39 is 21.9 Å². The molecule has 0 radical (unpaired) electrons. The minimum Gasteiger partial charge on any atom is -0.481 e. The number of para-hydroxylation sites is 1. The number of amides is 2. The molecule has 0 atom stereocenters. The van der Waals surface area contributed by atoms with E-state index in [0.717, 1.165) is 0 Å². The predicted octanol–water partition coefficient (Wildman–Crippen LogP) is 4.53. The van der Waals surface area contributed by atoms with Crippen LogP contribution >= 0.6 is 11.6 Å². The van der Waals surface area contributed by atoms with Crippen LogP contribution in [0.4, 0.5) is 20.6 Å². The summed E-state index contributed by atoms with van der Waals surface area (Å²) < 4.78 is 46.8. The molecule has 2 amide bonds. The lowest BCUT2D eigenvalue weighted by atomic mass is 10.1. The highest BCUT2D eigenvalue weighted by Gasteiger charge is 2.43. The molecule has 1 aromatic heterocycles. The van der Waals surface area contributed by atoms with E-state index in [9.17, 15) is 17.6 Å². The molecule has 1 aliphatic heterocycles. The van der Waals surface area contributed by atoms with Gasteiger partial charge < -0.3 is 4.74 Å². The van der Waals surface area contributed by atoms with Crippen LogP contribution in [0.2, 0.25) is 5.02 Å². The van der Waals surface area contributed by atoms with Gasteiger partial charge in [0.1, 0.15) is 10.7 Å². The number of ether oxygens (including phenoxy) is 1. The lowest BCUT2D eigenvalue weighted by Gasteiger charge is -2.36. The zero-order chi connectivity index (χ0) is 22.3. The molecule has 0 saturated heterocycles. The number of hydrogen-bond acceptors (Lipinski definition) is 5. The van der Waals surface area contributed by atoms with Gasteiger partial charge in [-0.15, -0.1) is 0 Å². The van der Waals surface area contributed by atoms with Gasteiger partial charge in [-0.3, -0.25) is 4.90 Å². The number of aryl methyl sites for hydroxylation is 1. The number of hydrogen-bond donors (Lipinski definition) is 0. The molecule has 3 aromatic rings. The first-order valence-corrected chi connectivity index (χ1v) is 11.0. The number of anilines is 2. The molecule has 1 aliphatic rings. The Labute approximate surface area is 183 Å². The van der Waals surface area contributed by atoms with Crippen molar-refractivity contribution in [3.63, 3.8) is 0 Å². The van der Waals surface area contributed by atoms with Crippen molar-refractivity contribution < 1.29 is 22.3 Å². The van der Waals surface area contributed by atoms with Gasteiger partial charge in [0.15, 0.2) is 0 Å². The Balaban J connectivity index is 1.86. The van der Waals surface area contributed by atoms with Gasteiger partial charge in [0.2, 0.25) is 5.88 Å². The van der Waals surface area contributed by atoms with Crippen molar-refractivity contribution in [2.24, 2.45) is 0 Å². The summed E-state index contributed by atoms with van der Waals surface area (Å²) in [5.74, 6) is -0.322. The standard InChI is InChI=1S/C21H17ClFN3O4S/c1-13-9-16(22)15(17(23)10-13)12-25-18-5-3-4-6-19(18)31(28,29)26(21(25)27)14-7-8-20(30-2)24-11-14/h3-11H,12H2,1-2H3. The van der Waals surface area contributed by atoms with Gasteiger partial charge in [-0.05, 0) is 42.8 Å². The van der Waals surface area contributed by atoms with Crippen molar-refractivity contribution in [3.8, 4) is 5.88 Å². The van der Waals surface area contributed by atoms with Gasteiger partial charge in [-0.25, -0.2) is 22.6 Å². The molecular weight excluding hydrogens is 445 g/mol. The van der Waals surface area contributed by atoms with Crippen LogP contribution in [0.15, 0.2) is 59.6 Å². The van der Waals surface area contributed by atoms with Gasteiger partial charge in [0.05, 0.1) is 31.2 Å². The van der Waals surface area contributed by atoms with Crippen LogP contribution in [0, 0.1) is 12.7 Å². The van der Waals surface area contributed by atoms with E-state index in [4.69, 9.17) is 16.3 Å². The van der Waals surface area contributed by atoms with E-state index in [1.165, 1.54) is 48.5 Å². The summed E-state index contributed by atoms with van der Waals surface area (Å²) in [6.45, 7) is 1.45. The lowest BCUT2D eigenvalue weighted by molar-refractivity contribution is 0.253. The number of methoxy groups -OCH3 is 1. The molecule has 0 aliphatic carbocycles. The number of fused-ring (bicyclic) bond motifs is 1. The van der Waals surface area contributed by atoms with Crippen LogP contribution in [-0.4, -0.2) is 26.5 Å². The maximum absolute atomic E-state index is 14.6. The molecule has 0 fully saturated rings. The number of nitrogens with zero attached hydrogens (tertiary/aromatic N) is 3. The third-order valence-electron chi connectivity index (χ3n) is 4.84. The second-order valence-electron chi connectivity index (χ2n) is 6.87. The molecule has 2 aromatic carbocycles. The number of carbonyl (C=O) groups is 1. The SMILES string of the molecule is COc1ccc(N2C(=O)N(Cc3c(F)cc(C)cc3Cl)c3ccccc3S2(=O)=O)cn1. The van der Waals surface area contributed by atoms with Crippen molar-refractivity contribution >= 4 is 39.0 Å². The highest BCUT2D eigenvalue weighted by molar-refractivity contribution is 7.94. The summed E-state index contributed by atoms with van der Waals surface area (Å²) in [5, 5.41) is 0.147. The minimum atomic E-state index is -4.22. The summed E-state index contributed by atoms with van der Waals surface area (Å²) >= 11 is 6.24. The van der Waals surface area contributed by atoms with Crippen LogP contribution < -0.4 is 13.9 Å². The summed E-state index contributed by atoms with van der Waals surface area (Å²) in [6, 6.07) is 10.9. The fourth-order valence-corrected chi connectivity index (χ4v) is 5.27. The van der Waals surface area contributed by atoms with E-state index >= 15 is 0 Å². The van der Waals surface area contributed by atoms with Crippen molar-refractivity contribution in [1.82, 2.24) is 4.98 Å². The van der Waals surface area contributed by atoms with Crippen molar-refractivity contribution in [2.75, 3.05) is 16.3 Å². The summed E-state index contributed by atoms with van der Waals surface area (Å²) in [4.78, 5) is 18.5. The third kappa shape index (κ3) is 3.60. The third-order valence-corrected chi connectivity index (χ3v) is 6.93. The minimum absolute atomic E-state index is 0.0285. The van der Waals surface area contributed by atoms with Crippen LogP contribution in [0.3, 0.4) is 0 Å². The number of urea groups is 1. The van der Waals surface area contributed by atoms with Crippen LogP contribution in [-0.2, 0) is 16.6 Å². The van der Waals surface area contributed by atoms with Crippen LogP contribution in [0.25, 0.3) is 0 Å². The Kier molecular flexibility index (Phi) is 5.32. The topological polar surface area (TPSA) is 79.8 Å². The Morgan fingerprint density at radius 3 is 2.55 bits per heavy atom. The number of benzene rings is 2. The second-order valence-corrected chi connectivity index (χ2v) is 9.03. The average molecular weight is 462 g/mol. The first-order chi connectivity index (χ1) is 14.7. The largest absolute Gasteiger partial charge is 0.481 e. The van der Waals surface area contributed by atoms with E-state index in [1.54, 1.807) is 25.1 Å². The van der Waals surface area contributed by atoms with Gasteiger partial charge in [0, 0.05) is 16.7 Å². The predicted molar refractivity (Wildman–Crippen MR) is 115 cm³/mol. The van der Waals surface area contributed by atoms with Gasteiger partial charge in [-0.1, -0.05) is 23.7 Å². The highest BCUT2D eigenvalue weighted by atomic mass is 35.5. The Bertz CT molecular complexity index is 1260. The molecule has 31 heavy (non-hydrogen) atoms. The van der Waals surface area contributed by atoms with Crippen molar-refractivity contribution in [1.29, 1.82) is 0 Å². The van der Waals surface area contributed by atoms with E-state index in [2.05, 4.69) is 4.98 Å². The Morgan fingerprint density at radius 2 is 1.90 bits per heavy atom. The molecule has 0 spiro atoms. The zero-order valence-corrected chi connectivity index (χ0v) is 18.1. The van der Waals surface area contributed by atoms with Crippen molar-refractivity contribution in [2.45, 2.75) is 18.4 Å². The van der Waals surface area contributed by atoms with Gasteiger partial charge >= 0.3 is 6.03 Å². The molecule has 0 saturated carbocycles. The highest BCUT2D eigenvalue weighted by Crippen LogP contribution is 2.38. The lowest BCUT2D eigenvalue weighted by Crippen LogP contribution is -2.50. The number of rotatable bonds is 4. The molecule has 0 bridgehead atoms. The monoisotopic (exact) mass is 461 g/mol. The van der Waals surface area contributed by atoms with E-state index in [-0.39, 0.29) is 39.3 Å². The van der Waals surface area contributed by atoms with Crippen molar-refractivity contribution in [3.05, 3.63) is 76.7 Å². The summed E-state index contributed by atoms with van der Waals surface area (Å²) in [7, 11) is -2.80. The van der Waals surface area contributed by atoms with Gasteiger partial charge in [0.25, 0.3) is 10.0 Å². The van der Waals surface area contributed by atoms with Gasteiger partial charge in [-0.2, -0.15) is 4.31 Å². The smallest absolute Gasteiger partial charge is 0.343 e. The number of pyridine rings is 1. The molecule has 7 nitrogen and oxygen atoms in total. The normalized spacial score (nSPS) is 15.0. The number of carbonyl (C=O) groups excluding carboxylic acids is 1. The number of halogens is 2. The fourth-order valence-electron chi connectivity index (χ4n) is 3.37. The molecule has 160 valence electrons. The Morgan fingerprint density at radius 1 is 1.16 bits per heavy atom. The summed E-state index contributed by atoms with van der Waals surface area (Å²) in [5.41, 5.74) is 0.884. The second kappa shape index (κ2) is 7.82. The summed E-state index contributed by atoms with van der Waals surface area (Å²) in [6.07, 6.45) is 1.22. The number of aromatic nitrogens is 1.